The first-order valence-corrected chi connectivity index (χ1v) is 7.77. The van der Waals surface area contributed by atoms with E-state index in [9.17, 15) is 4.79 Å². The zero-order valence-electron chi connectivity index (χ0n) is 14.1. The van der Waals surface area contributed by atoms with Gasteiger partial charge in [-0.1, -0.05) is 40.0 Å². The molecular formula is C17H29N3O. The van der Waals surface area contributed by atoms with Gasteiger partial charge in [0.2, 0.25) is 0 Å². The number of nitrogens with zero attached hydrogens (tertiary/aromatic N) is 2. The lowest BCUT2D eigenvalue weighted by molar-refractivity contribution is 0.0827. The Hall–Kier alpha value is -1.58. The molecule has 1 amide bonds. The molecule has 0 aliphatic carbocycles. The highest BCUT2D eigenvalue weighted by Crippen LogP contribution is 2.24. The third kappa shape index (κ3) is 6.15. The van der Waals surface area contributed by atoms with Crippen molar-refractivity contribution in [1.29, 1.82) is 0 Å². The van der Waals surface area contributed by atoms with Crippen LogP contribution in [0.2, 0.25) is 0 Å². The molecule has 0 atom stereocenters. The van der Waals surface area contributed by atoms with Gasteiger partial charge in [0.05, 0.1) is 5.56 Å². The van der Waals surface area contributed by atoms with Crippen molar-refractivity contribution >= 4 is 11.7 Å². The largest absolute Gasteiger partial charge is 0.370 e. The van der Waals surface area contributed by atoms with Crippen LogP contribution in [0.4, 0.5) is 5.82 Å². The predicted octanol–water partition coefficient (Wildman–Crippen LogP) is 3.80. The Kier molecular flexibility index (Phi) is 6.66. The number of hydrogen-bond acceptors (Lipinski definition) is 3. The molecule has 0 unspecified atom stereocenters. The second-order valence-electron chi connectivity index (χ2n) is 6.61. The molecule has 1 heterocycles. The minimum Gasteiger partial charge on any atom is -0.370 e. The maximum absolute atomic E-state index is 11.8. The van der Waals surface area contributed by atoms with Gasteiger partial charge in [-0.25, -0.2) is 4.98 Å². The monoisotopic (exact) mass is 291 g/mol. The molecule has 0 saturated heterocycles. The van der Waals surface area contributed by atoms with E-state index in [0.29, 0.717) is 5.56 Å². The number of unbranched alkanes of at least 4 members (excludes halogenated alkanes) is 2. The molecule has 0 aromatic carbocycles. The number of rotatable bonds is 8. The molecule has 0 fully saturated rings. The Bertz CT molecular complexity index is 438. The number of hydrogen-bond donors (Lipinski definition) is 1. The van der Waals surface area contributed by atoms with Gasteiger partial charge in [0.25, 0.3) is 5.91 Å². The summed E-state index contributed by atoms with van der Waals surface area (Å²) in [7, 11) is 3.49. The summed E-state index contributed by atoms with van der Waals surface area (Å²) >= 11 is 0. The SMILES string of the molecule is CCCCCC(C)(C)CNc1ccc(C(=O)N(C)C)cn1. The predicted molar refractivity (Wildman–Crippen MR) is 88.7 cm³/mol. The van der Waals surface area contributed by atoms with Crippen LogP contribution in [0.1, 0.15) is 56.8 Å². The van der Waals surface area contributed by atoms with Crippen LogP contribution in [0.15, 0.2) is 18.3 Å². The van der Waals surface area contributed by atoms with Crippen LogP contribution >= 0.6 is 0 Å². The van der Waals surface area contributed by atoms with Gasteiger partial charge in [-0.15, -0.1) is 0 Å². The zero-order chi connectivity index (χ0) is 15.9. The highest BCUT2D eigenvalue weighted by molar-refractivity contribution is 5.93. The van der Waals surface area contributed by atoms with E-state index in [1.54, 1.807) is 25.2 Å². The second kappa shape index (κ2) is 8.01. The fourth-order valence-electron chi connectivity index (χ4n) is 2.15. The average Bonchev–Trinajstić information content (AvgIpc) is 2.45. The van der Waals surface area contributed by atoms with E-state index < -0.39 is 0 Å². The Morgan fingerprint density at radius 2 is 2.00 bits per heavy atom. The molecule has 0 bridgehead atoms. The third-order valence-electron chi connectivity index (χ3n) is 3.62. The molecule has 4 heteroatoms. The number of carbonyl (C=O) groups is 1. The van der Waals surface area contributed by atoms with Crippen molar-refractivity contribution in [3.05, 3.63) is 23.9 Å². The molecule has 118 valence electrons. The van der Waals surface area contributed by atoms with Crippen molar-refractivity contribution in [3.63, 3.8) is 0 Å². The Labute approximate surface area is 129 Å². The van der Waals surface area contributed by atoms with E-state index in [0.717, 1.165) is 12.4 Å². The van der Waals surface area contributed by atoms with Crippen LogP contribution < -0.4 is 5.32 Å². The molecule has 21 heavy (non-hydrogen) atoms. The lowest BCUT2D eigenvalue weighted by Gasteiger charge is -2.25. The molecule has 0 aliphatic heterocycles. The summed E-state index contributed by atoms with van der Waals surface area (Å²) in [5, 5.41) is 3.37. The van der Waals surface area contributed by atoms with Gasteiger partial charge in [-0.2, -0.15) is 0 Å². The summed E-state index contributed by atoms with van der Waals surface area (Å²) in [6, 6.07) is 3.70. The minimum absolute atomic E-state index is 0.0195. The Morgan fingerprint density at radius 3 is 2.52 bits per heavy atom. The summed E-state index contributed by atoms with van der Waals surface area (Å²) in [6.07, 6.45) is 6.67. The van der Waals surface area contributed by atoms with Crippen molar-refractivity contribution in [1.82, 2.24) is 9.88 Å². The van der Waals surface area contributed by atoms with Gasteiger partial charge in [-0.05, 0) is 24.0 Å². The van der Waals surface area contributed by atoms with E-state index in [1.807, 2.05) is 12.1 Å². The van der Waals surface area contributed by atoms with E-state index in [4.69, 9.17) is 0 Å². The fourth-order valence-corrected chi connectivity index (χ4v) is 2.15. The second-order valence-corrected chi connectivity index (χ2v) is 6.61. The lowest BCUT2D eigenvalue weighted by atomic mass is 9.87. The number of nitrogens with one attached hydrogen (secondary N) is 1. The van der Waals surface area contributed by atoms with E-state index in [-0.39, 0.29) is 11.3 Å². The zero-order valence-corrected chi connectivity index (χ0v) is 14.1. The molecular weight excluding hydrogens is 262 g/mol. The van der Waals surface area contributed by atoms with Crippen molar-refractivity contribution in [2.75, 3.05) is 26.0 Å². The van der Waals surface area contributed by atoms with Crippen molar-refractivity contribution in [3.8, 4) is 0 Å². The molecule has 1 N–H and O–H groups in total. The maximum Gasteiger partial charge on any atom is 0.254 e. The Balaban J connectivity index is 2.50. The maximum atomic E-state index is 11.8. The van der Waals surface area contributed by atoms with Crippen LogP contribution in [0.5, 0.6) is 0 Å². The van der Waals surface area contributed by atoms with E-state index in [1.165, 1.54) is 25.7 Å². The van der Waals surface area contributed by atoms with Gasteiger partial charge < -0.3 is 10.2 Å². The third-order valence-corrected chi connectivity index (χ3v) is 3.62. The average molecular weight is 291 g/mol. The van der Waals surface area contributed by atoms with Gasteiger partial charge in [0.1, 0.15) is 5.82 Å². The van der Waals surface area contributed by atoms with E-state index >= 15 is 0 Å². The topological polar surface area (TPSA) is 45.2 Å². The molecule has 1 aromatic rings. The van der Waals surface area contributed by atoms with Crippen LogP contribution in [-0.4, -0.2) is 36.4 Å². The quantitative estimate of drug-likeness (QED) is 0.741. The highest BCUT2D eigenvalue weighted by atomic mass is 16.2. The minimum atomic E-state index is -0.0195. The first kappa shape index (κ1) is 17.5. The van der Waals surface area contributed by atoms with Crippen molar-refractivity contribution in [2.45, 2.75) is 46.5 Å². The molecule has 1 rings (SSSR count). The summed E-state index contributed by atoms with van der Waals surface area (Å²) < 4.78 is 0. The first-order chi connectivity index (χ1) is 9.85. The Morgan fingerprint density at radius 1 is 1.29 bits per heavy atom. The lowest BCUT2D eigenvalue weighted by Crippen LogP contribution is -2.24. The van der Waals surface area contributed by atoms with Crippen LogP contribution in [0.25, 0.3) is 0 Å². The molecule has 1 aromatic heterocycles. The summed E-state index contributed by atoms with van der Waals surface area (Å²) in [5.41, 5.74) is 0.877. The molecule has 4 nitrogen and oxygen atoms in total. The van der Waals surface area contributed by atoms with Crippen molar-refractivity contribution in [2.24, 2.45) is 5.41 Å². The van der Waals surface area contributed by atoms with Crippen molar-refractivity contribution < 1.29 is 4.79 Å². The number of amides is 1. The van der Waals surface area contributed by atoms with Gasteiger partial charge in [-0.3, -0.25) is 4.79 Å². The molecule has 0 saturated carbocycles. The van der Waals surface area contributed by atoms with Gasteiger partial charge >= 0.3 is 0 Å². The molecule has 0 spiro atoms. The number of aromatic nitrogens is 1. The summed E-state index contributed by atoms with van der Waals surface area (Å²) in [6.45, 7) is 7.68. The molecule has 0 aliphatic rings. The van der Waals surface area contributed by atoms with Gasteiger partial charge in [0, 0.05) is 26.8 Å². The highest BCUT2D eigenvalue weighted by Gasteiger charge is 2.17. The number of pyridine rings is 1. The summed E-state index contributed by atoms with van der Waals surface area (Å²) in [4.78, 5) is 17.7. The smallest absolute Gasteiger partial charge is 0.254 e. The molecule has 0 radical (unpaired) electrons. The van der Waals surface area contributed by atoms with Crippen LogP contribution in [0, 0.1) is 5.41 Å². The van der Waals surface area contributed by atoms with Gasteiger partial charge in [0.15, 0.2) is 0 Å². The van der Waals surface area contributed by atoms with E-state index in [2.05, 4.69) is 31.1 Å². The number of carbonyl (C=O) groups excluding carboxylic acids is 1. The fraction of sp³-hybridized carbons (Fsp3) is 0.647. The standard InChI is InChI=1S/C17H29N3O/c1-6-7-8-11-17(2,3)13-19-15-10-9-14(12-18-15)16(21)20(4)5/h9-10,12H,6-8,11,13H2,1-5H3,(H,18,19). The van der Waals surface area contributed by atoms with Crippen LogP contribution in [0.3, 0.4) is 0 Å². The normalized spacial score (nSPS) is 11.3. The van der Waals surface area contributed by atoms with Crippen LogP contribution in [-0.2, 0) is 0 Å². The number of anilines is 1. The first-order valence-electron chi connectivity index (χ1n) is 7.77. The summed E-state index contributed by atoms with van der Waals surface area (Å²) in [5.74, 6) is 0.808.